The van der Waals surface area contributed by atoms with Gasteiger partial charge in [-0.25, -0.2) is 0 Å². The Hall–Kier alpha value is -7.93. The van der Waals surface area contributed by atoms with E-state index in [9.17, 15) is 57.8 Å². The number of hydrogen-bond donors (Lipinski definition) is 10. The van der Waals surface area contributed by atoms with E-state index in [1.165, 1.54) is 24.1 Å². The van der Waals surface area contributed by atoms with E-state index < -0.39 is 101 Å². The number of phenols is 1. The van der Waals surface area contributed by atoms with Crippen molar-refractivity contribution in [1.29, 1.82) is 5.41 Å². The third kappa shape index (κ3) is 25.5. The summed E-state index contributed by atoms with van der Waals surface area (Å²) in [6, 6.07) is 14.5. The second kappa shape index (κ2) is 37.7. The van der Waals surface area contributed by atoms with E-state index in [4.69, 9.17) is 19.7 Å². The molecule has 0 radical (unpaired) electrons. The molecule has 30 heteroatoms. The molecule has 504 valence electrons. The number of fused-ring (bicyclic) bond motifs is 8. The quantitative estimate of drug-likeness (QED) is 0.0264. The fourth-order valence-electron chi connectivity index (χ4n) is 11.3. The van der Waals surface area contributed by atoms with Gasteiger partial charge in [-0.3, -0.25) is 39.0 Å². The molecular formula is C63H89InN14O15. The normalized spacial score (nSPS) is 22.5. The van der Waals surface area contributed by atoms with Gasteiger partial charge in [0.15, 0.2) is 0 Å². The summed E-state index contributed by atoms with van der Waals surface area (Å²) in [6.45, 7) is 3.80. The van der Waals surface area contributed by atoms with Crippen molar-refractivity contribution >= 4 is 105 Å². The van der Waals surface area contributed by atoms with Crippen molar-refractivity contribution in [3.05, 3.63) is 77.9 Å². The van der Waals surface area contributed by atoms with Gasteiger partial charge in [-0.2, -0.15) is 0 Å². The first-order valence-corrected chi connectivity index (χ1v) is 36.1. The van der Waals surface area contributed by atoms with Crippen LogP contribution in [-0.4, -0.2) is 259 Å². The minimum absolute atomic E-state index is 0.0142. The van der Waals surface area contributed by atoms with Crippen molar-refractivity contribution < 1.29 is 66.4 Å². The van der Waals surface area contributed by atoms with Gasteiger partial charge in [0.05, 0.1) is 12.4 Å². The van der Waals surface area contributed by atoms with Crippen LogP contribution < -0.4 is 43.0 Å². The summed E-state index contributed by atoms with van der Waals surface area (Å²) in [4.78, 5) is 158. The molecule has 3 aromatic rings. The summed E-state index contributed by atoms with van der Waals surface area (Å²) in [7, 11) is 1.41. The molecule has 7 rings (SSSR count). The molecule has 4 bridgehead atoms. The number of amides is 8. The first kappa shape index (κ1) is 72.5. The number of hydrogen-bond acceptors (Lipinski definition) is 20. The number of likely N-dealkylation sites (N-methyl/N-ethyl adjacent to an activating group) is 1. The number of carbonyl (C=O) groups excluding carboxylic acids is 11. The van der Waals surface area contributed by atoms with Gasteiger partial charge in [0.2, 0.25) is 41.4 Å². The Bertz CT molecular complexity index is 3070. The summed E-state index contributed by atoms with van der Waals surface area (Å²) in [5.74, 6) is -5.99. The van der Waals surface area contributed by atoms with Crippen molar-refractivity contribution in [1.82, 2.24) is 61.7 Å². The summed E-state index contributed by atoms with van der Waals surface area (Å²) < 4.78 is 16.3. The predicted octanol–water partition coefficient (Wildman–Crippen LogP) is -1.43. The zero-order chi connectivity index (χ0) is 66.7. The van der Waals surface area contributed by atoms with Crippen LogP contribution in [-0.2, 0) is 74.1 Å². The Kier molecular flexibility index (Phi) is 29.4. The molecule has 0 aliphatic carbocycles. The van der Waals surface area contributed by atoms with Gasteiger partial charge < -0.3 is 47.6 Å². The number of amidine groups is 1. The Labute approximate surface area is 550 Å². The maximum atomic E-state index is 14.6. The standard InChI is InChI=1S/C63H92N14O15.In/c1-73-51(14-10-26-67-54(80)17-6-8-24-66-53(79)16-7-9-25-68-56(82)39-74-27-29-75(40-57(83)84)31-33-77(42-59(87)88)34-32-76(30-28-74)41-58(85)86)62(91)71-48(13-4-5-15-52(64)65)61(90)72-49(37-44-18-21-45-11-2-3-12-46(45)35-44)60(89)69-38-55(81)70-50(63(73)92)36-43-19-22-47(78)23-20-43;/h2-3,11-12,18-23,35,48-51,78H,4-10,13-17,24-34,36-42H2,1H3,(H3,64,65)(H,66,79)(H,67,80)(H,68,82)(H,69,89)(H,70,81)(H,71,91)(H,72,90)(H,83,84)(H,85,86)(H,87,88);/q;+3/p-3/t48-,49-,50+,51+;/m0./s1. The van der Waals surface area contributed by atoms with Gasteiger partial charge in [-0.1, -0.05) is 61.0 Å². The number of benzene rings is 3. The monoisotopic (exact) mass is 1400 g/mol. The van der Waals surface area contributed by atoms with Crippen LogP contribution in [0.15, 0.2) is 66.7 Å². The van der Waals surface area contributed by atoms with Crippen LogP contribution in [0.25, 0.3) is 10.8 Å². The average Bonchev–Trinajstić information content (AvgIpc) is 2.18. The molecule has 4 heterocycles. The van der Waals surface area contributed by atoms with Gasteiger partial charge in [0.1, 0.15) is 29.9 Å². The molecule has 4 fully saturated rings. The SMILES string of the molecule is CN1C(=O)[C@@H](Cc2ccc(O)cc2)NC(=O)CNC(=O)[C@H](Cc2ccc3ccccc3c2)NC(=O)[C@H](CCCCC(=N)N)NC(=O)[C@H]1CCCNC(=O)CCCCNC(=O)CCCCNC(=O)CN1CCN2CCN3CCN(CC1)CC(=O)[O][In]([O]C(=O)C2)[O]C(=O)C3. The molecule has 8 amide bonds. The molecule has 93 heavy (non-hydrogen) atoms. The van der Waals surface area contributed by atoms with Crippen molar-refractivity contribution in [3.63, 3.8) is 0 Å². The molecule has 0 spiro atoms. The molecular weight excluding hydrogens is 1310 g/mol. The van der Waals surface area contributed by atoms with Crippen LogP contribution in [0.3, 0.4) is 0 Å². The summed E-state index contributed by atoms with van der Waals surface area (Å²) in [5.41, 5.74) is 6.92. The second-order valence-corrected chi connectivity index (χ2v) is 27.6. The Balaban J connectivity index is 0.868. The number of unbranched alkanes of at least 4 members (excludes halogenated alkanes) is 3. The number of nitrogens with one attached hydrogen (secondary N) is 8. The summed E-state index contributed by atoms with van der Waals surface area (Å²) >= 11 is -4.25. The third-order valence-electron chi connectivity index (χ3n) is 16.6. The Morgan fingerprint density at radius 3 is 1.68 bits per heavy atom. The van der Waals surface area contributed by atoms with Crippen LogP contribution in [0, 0.1) is 5.41 Å². The topological polar surface area (TPSA) is 386 Å². The zero-order valence-electron chi connectivity index (χ0n) is 52.9. The fourth-order valence-corrected chi connectivity index (χ4v) is 14.2. The molecule has 0 aromatic heterocycles. The molecule has 2 unspecified atom stereocenters. The van der Waals surface area contributed by atoms with Gasteiger partial charge in [0, 0.05) is 52.2 Å². The number of carbonyl (C=O) groups is 11. The Morgan fingerprint density at radius 2 is 1.09 bits per heavy atom. The van der Waals surface area contributed by atoms with E-state index in [-0.39, 0.29) is 113 Å². The van der Waals surface area contributed by atoms with Crippen molar-refractivity contribution in [2.45, 2.75) is 114 Å². The van der Waals surface area contributed by atoms with E-state index in [0.717, 1.165) is 10.8 Å². The van der Waals surface area contributed by atoms with Gasteiger partial charge in [0.25, 0.3) is 0 Å². The van der Waals surface area contributed by atoms with Crippen molar-refractivity contribution in [3.8, 4) is 5.75 Å². The zero-order valence-corrected chi connectivity index (χ0v) is 56.2. The second-order valence-electron chi connectivity index (χ2n) is 23.9. The van der Waals surface area contributed by atoms with Crippen LogP contribution in [0.1, 0.15) is 88.2 Å². The summed E-state index contributed by atoms with van der Waals surface area (Å²) in [6.07, 6.45) is 3.73. The molecule has 3 aromatic carbocycles. The number of rotatable bonds is 25. The Morgan fingerprint density at radius 1 is 0.570 bits per heavy atom. The van der Waals surface area contributed by atoms with Crippen LogP contribution in [0.5, 0.6) is 5.75 Å². The van der Waals surface area contributed by atoms with E-state index in [1.807, 2.05) is 62.1 Å². The van der Waals surface area contributed by atoms with E-state index in [2.05, 4.69) is 37.2 Å². The number of nitrogens with two attached hydrogens (primary N) is 1. The molecule has 4 aliphatic heterocycles. The first-order chi connectivity index (χ1) is 44.7. The van der Waals surface area contributed by atoms with Crippen LogP contribution in [0.4, 0.5) is 0 Å². The first-order valence-electron chi connectivity index (χ1n) is 32.0. The maximum absolute atomic E-state index is 14.6. The van der Waals surface area contributed by atoms with Crippen molar-refractivity contribution in [2.24, 2.45) is 5.73 Å². The summed E-state index contributed by atoms with van der Waals surface area (Å²) in [5, 5.41) is 39.3. The molecule has 29 nitrogen and oxygen atoms in total. The number of phenolic OH excluding ortho intramolecular Hbond substituents is 1. The third-order valence-corrected chi connectivity index (χ3v) is 20.5. The van der Waals surface area contributed by atoms with Crippen LogP contribution >= 0.6 is 0 Å². The van der Waals surface area contributed by atoms with E-state index in [1.54, 1.807) is 12.1 Å². The molecule has 11 N–H and O–H groups in total. The predicted molar refractivity (Wildman–Crippen MR) is 341 cm³/mol. The molecule has 4 saturated heterocycles. The number of nitrogens with zero attached hydrogens (tertiary/aromatic N) is 5. The van der Waals surface area contributed by atoms with Gasteiger partial charge >= 0.3 is 191 Å². The van der Waals surface area contributed by atoms with Crippen molar-refractivity contribution in [2.75, 3.05) is 112 Å². The van der Waals surface area contributed by atoms with Gasteiger partial charge in [-0.05, 0) is 79.0 Å². The average molecular weight is 1400 g/mol. The molecule has 0 saturated carbocycles. The molecule has 6 atom stereocenters. The fraction of sp³-hybridized carbons (Fsp3) is 0.556. The van der Waals surface area contributed by atoms with E-state index in [0.29, 0.717) is 115 Å². The molecule has 4 aliphatic rings. The number of aromatic hydroxyl groups is 1. The minimum atomic E-state index is -4.25. The van der Waals surface area contributed by atoms with E-state index >= 15 is 0 Å². The van der Waals surface area contributed by atoms with Crippen LogP contribution in [0.2, 0.25) is 0 Å². The van der Waals surface area contributed by atoms with Gasteiger partial charge in [-0.15, -0.1) is 0 Å².